The molecule has 1 saturated carbocycles. The molecule has 299 valence electrons. The Morgan fingerprint density at radius 1 is 0.650 bits per heavy atom. The van der Waals surface area contributed by atoms with Crippen LogP contribution in [-0.4, -0.2) is 23.2 Å². The van der Waals surface area contributed by atoms with Gasteiger partial charge in [-0.3, -0.25) is 0 Å². The maximum Gasteiger partial charge on any atom is 0 e. The van der Waals surface area contributed by atoms with Crippen LogP contribution in [0.3, 0.4) is 0 Å². The van der Waals surface area contributed by atoms with Gasteiger partial charge in [-0.1, -0.05) is 85.2 Å². The van der Waals surface area contributed by atoms with Crippen LogP contribution in [0, 0.1) is 18.1 Å². The van der Waals surface area contributed by atoms with Crippen molar-refractivity contribution in [3.8, 4) is 55.9 Å². The van der Waals surface area contributed by atoms with Crippen molar-refractivity contribution < 1.29 is 22.8 Å². The molecule has 6 aromatic carbocycles. The topological polar surface area (TPSA) is 25.8 Å². The molecule has 0 spiro atoms. The van der Waals surface area contributed by atoms with Crippen LogP contribution in [0.5, 0.6) is 0 Å². The summed E-state index contributed by atoms with van der Waals surface area (Å²) < 4.78 is 21.4. The Morgan fingerprint density at radius 3 is 2.00 bits per heavy atom. The van der Waals surface area contributed by atoms with Crippen molar-refractivity contribution in [1.82, 2.24) is 9.97 Å². The Bertz CT molecular complexity index is 2920. The molecule has 2 nitrogen and oxygen atoms in total. The van der Waals surface area contributed by atoms with Gasteiger partial charge < -0.3 is 4.98 Å². The van der Waals surface area contributed by atoms with Gasteiger partial charge in [0.15, 0.2) is 0 Å². The third-order valence-electron chi connectivity index (χ3n) is 11.3. The second kappa shape index (κ2) is 18.7. The molecular formula is C55H48GeIrN2S-2. The monoisotopic (exact) mass is 1040 g/mol. The zero-order chi connectivity index (χ0) is 42.0. The van der Waals surface area contributed by atoms with Crippen molar-refractivity contribution in [3.63, 3.8) is 0 Å². The van der Waals surface area contributed by atoms with Crippen LogP contribution in [-0.2, 0) is 26.5 Å². The fraction of sp³-hybridized carbons (Fsp3) is 0.164. The summed E-state index contributed by atoms with van der Waals surface area (Å²) in [7, 11) is 0. The summed E-state index contributed by atoms with van der Waals surface area (Å²) in [6.07, 6.45) is 6.68. The summed E-state index contributed by atoms with van der Waals surface area (Å²) in [6.45, 7) is 0. The largest absolute Gasteiger partial charge is 0 e. The molecule has 1 radical (unpaired) electrons. The van der Waals surface area contributed by atoms with E-state index in [1.807, 2.05) is 24.3 Å². The number of nitrogens with zero attached hydrogens (tertiary/aromatic N) is 2. The molecule has 3 heterocycles. The minimum absolute atomic E-state index is 0. The number of pyridine rings is 2. The Hall–Kier alpha value is -4.97. The molecule has 0 aliphatic heterocycles. The van der Waals surface area contributed by atoms with Crippen LogP contribution in [0.2, 0.25) is 17.3 Å². The number of thiophene rings is 1. The Kier molecular flexibility index (Phi) is 12.2. The van der Waals surface area contributed by atoms with Crippen LogP contribution in [0.1, 0.15) is 34.0 Å². The maximum absolute atomic E-state index is 8.81. The Morgan fingerprint density at radius 2 is 1.33 bits per heavy atom. The minimum atomic E-state index is -1.85. The molecule has 0 saturated heterocycles. The SMILES string of the molecule is [2H]C([2H])(c1ccnc(-c2[c-]ccc3c2sc2cc(-c4ccccc4)ccc23)c1)C1CCCC1.[CH3][Ge]([CH3])([CH3])[c]1ccc(-c2[c-]cc(-c3ccccc3)c(-c3ccccc3)c2)nc1.[Ir]. The van der Waals surface area contributed by atoms with Gasteiger partial charge in [0.25, 0.3) is 0 Å². The first kappa shape index (κ1) is 39.2. The standard InChI is InChI=1S/C29H24NS.C26H24GeN.Ir/c1-2-9-22(10-3-1)23-13-14-24-25-11-6-12-26(29(25)31-28(24)19-23)27-18-21(15-16-30-27)17-20-7-4-5-8-20;1-27(2,3)23-15-17-26(28-19-23)22-14-16-24(20-10-6-4-7-11-20)25(18-22)21-12-8-5-9-13-21;/h1-3,6,9-11,13-16,18-20H,4-5,7-8,17H2;4-13,15-19H,1-3H3;/q2*-1;/i17D2;;. The van der Waals surface area contributed by atoms with Gasteiger partial charge in [-0.25, -0.2) is 0 Å². The first-order chi connectivity index (χ1) is 29.6. The average Bonchev–Trinajstić information content (AvgIpc) is 3.99. The number of rotatable bonds is 8. The van der Waals surface area contributed by atoms with E-state index in [-0.39, 0.29) is 26.0 Å². The van der Waals surface area contributed by atoms with Gasteiger partial charge in [0.2, 0.25) is 0 Å². The molecule has 0 unspecified atom stereocenters. The van der Waals surface area contributed by atoms with E-state index in [4.69, 9.17) is 7.73 Å². The minimum Gasteiger partial charge on any atom is 0 e. The molecule has 1 fully saturated rings. The van der Waals surface area contributed by atoms with Crippen molar-refractivity contribution in [2.45, 2.75) is 49.3 Å². The molecule has 9 aromatic rings. The van der Waals surface area contributed by atoms with E-state index in [1.165, 1.54) is 53.2 Å². The number of hydrogen-bond donors (Lipinski definition) is 0. The van der Waals surface area contributed by atoms with Gasteiger partial charge in [0, 0.05) is 33.7 Å². The normalized spacial score (nSPS) is 13.6. The van der Waals surface area contributed by atoms with Crippen molar-refractivity contribution in [2.24, 2.45) is 5.92 Å². The molecule has 1 aliphatic carbocycles. The molecule has 0 N–H and O–H groups in total. The van der Waals surface area contributed by atoms with E-state index >= 15 is 0 Å². The quantitative estimate of drug-likeness (QED) is 0.112. The van der Waals surface area contributed by atoms with Crippen molar-refractivity contribution >= 4 is 49.2 Å². The summed E-state index contributed by atoms with van der Waals surface area (Å²) in [5, 5.41) is 2.44. The predicted octanol–water partition coefficient (Wildman–Crippen LogP) is 14.7. The van der Waals surface area contributed by atoms with Crippen molar-refractivity contribution in [2.75, 3.05) is 0 Å². The van der Waals surface area contributed by atoms with E-state index in [2.05, 4.69) is 174 Å². The van der Waals surface area contributed by atoms with Crippen molar-refractivity contribution in [1.29, 1.82) is 0 Å². The first-order valence-corrected chi connectivity index (χ1v) is 28.8. The first-order valence-electron chi connectivity index (χ1n) is 21.7. The number of fused-ring (bicyclic) bond motifs is 3. The average molecular weight is 1040 g/mol. The van der Waals surface area contributed by atoms with Gasteiger partial charge in [0.05, 0.1) is 0 Å². The number of hydrogen-bond acceptors (Lipinski definition) is 3. The molecule has 1 aliphatic rings. The van der Waals surface area contributed by atoms with Gasteiger partial charge in [-0.2, -0.15) is 11.3 Å². The zero-order valence-corrected chi connectivity index (χ0v) is 39.5. The zero-order valence-electron chi connectivity index (χ0n) is 36.2. The third-order valence-corrected chi connectivity index (χ3v) is 16.7. The predicted molar refractivity (Wildman–Crippen MR) is 255 cm³/mol. The van der Waals surface area contributed by atoms with Crippen LogP contribution >= 0.6 is 11.3 Å². The van der Waals surface area contributed by atoms with E-state index in [0.717, 1.165) is 58.5 Å². The molecule has 0 bridgehead atoms. The molecule has 0 atom stereocenters. The Balaban J connectivity index is 0.000000170. The van der Waals surface area contributed by atoms with Gasteiger partial charge in [-0.15, -0.1) is 23.8 Å². The van der Waals surface area contributed by atoms with E-state index in [9.17, 15) is 0 Å². The van der Waals surface area contributed by atoms with E-state index in [0.29, 0.717) is 0 Å². The molecular weight excluding hydrogens is 986 g/mol. The number of benzene rings is 6. The fourth-order valence-electron chi connectivity index (χ4n) is 8.05. The smallest absolute Gasteiger partial charge is 0 e. The summed E-state index contributed by atoms with van der Waals surface area (Å²) in [4.78, 5) is 9.41. The Labute approximate surface area is 378 Å². The molecule has 10 rings (SSSR count). The van der Waals surface area contributed by atoms with Crippen LogP contribution in [0.15, 0.2) is 170 Å². The summed E-state index contributed by atoms with van der Waals surface area (Å²) in [5.74, 6) is 7.27. The van der Waals surface area contributed by atoms with Gasteiger partial charge in [0.1, 0.15) is 0 Å². The fourth-order valence-corrected chi connectivity index (χ4v) is 11.5. The van der Waals surface area contributed by atoms with Gasteiger partial charge in [-0.05, 0) is 51.3 Å². The maximum atomic E-state index is 8.81. The van der Waals surface area contributed by atoms with Crippen LogP contribution in [0.25, 0.3) is 76.1 Å². The molecule has 3 aromatic heterocycles. The second-order valence-electron chi connectivity index (χ2n) is 16.4. The molecule has 0 amide bonds. The third kappa shape index (κ3) is 9.33. The van der Waals surface area contributed by atoms with Crippen LogP contribution in [0.4, 0.5) is 0 Å². The van der Waals surface area contributed by atoms with Crippen molar-refractivity contribution in [3.05, 3.63) is 188 Å². The molecule has 60 heavy (non-hydrogen) atoms. The van der Waals surface area contributed by atoms with Crippen LogP contribution < -0.4 is 4.40 Å². The summed E-state index contributed by atoms with van der Waals surface area (Å²) in [5.41, 5.74) is 11.7. The van der Waals surface area contributed by atoms with E-state index < -0.39 is 19.6 Å². The number of aromatic nitrogens is 2. The van der Waals surface area contributed by atoms with Gasteiger partial charge >= 0.3 is 171 Å². The summed E-state index contributed by atoms with van der Waals surface area (Å²) in [6, 6.07) is 61.7. The second-order valence-corrected chi connectivity index (χ2v) is 28.1. The summed E-state index contributed by atoms with van der Waals surface area (Å²) >= 11 is -0.0867. The van der Waals surface area contributed by atoms with E-state index in [1.54, 1.807) is 17.5 Å². The molecule has 5 heteroatoms.